The van der Waals surface area contributed by atoms with Crippen LogP contribution in [-0.4, -0.2) is 18.8 Å². The average Bonchev–Trinajstić information content (AvgIpc) is 2.50. The number of oxime groups is 1. The SMILES string of the molecule is COc1ccc2cc(C(C)=NOC(=O)C(C)(C)C)ccc2c1. The fourth-order valence-electron chi connectivity index (χ4n) is 1.88. The fraction of sp³-hybridized carbons (Fsp3) is 0.333. The highest BCUT2D eigenvalue weighted by atomic mass is 16.7. The van der Waals surface area contributed by atoms with Gasteiger partial charge in [-0.2, -0.15) is 0 Å². The van der Waals surface area contributed by atoms with Crippen LogP contribution in [0.15, 0.2) is 41.6 Å². The summed E-state index contributed by atoms with van der Waals surface area (Å²) in [5, 5.41) is 6.11. The minimum atomic E-state index is -0.566. The maximum absolute atomic E-state index is 11.7. The Morgan fingerprint density at radius 2 is 1.68 bits per heavy atom. The van der Waals surface area contributed by atoms with Gasteiger partial charge in [0, 0.05) is 0 Å². The summed E-state index contributed by atoms with van der Waals surface area (Å²) in [6.45, 7) is 7.21. The summed E-state index contributed by atoms with van der Waals surface area (Å²) in [6.07, 6.45) is 0. The van der Waals surface area contributed by atoms with E-state index in [9.17, 15) is 4.79 Å². The van der Waals surface area contributed by atoms with Crippen LogP contribution in [0.5, 0.6) is 5.75 Å². The van der Waals surface area contributed by atoms with E-state index in [1.165, 1.54) is 0 Å². The van der Waals surface area contributed by atoms with E-state index in [0.29, 0.717) is 5.71 Å². The first kappa shape index (κ1) is 16.0. The molecule has 4 nitrogen and oxygen atoms in total. The number of hydrogen-bond acceptors (Lipinski definition) is 4. The molecule has 0 bridgehead atoms. The van der Waals surface area contributed by atoms with Crippen molar-refractivity contribution in [3.63, 3.8) is 0 Å². The third-order valence-electron chi connectivity index (χ3n) is 3.34. The number of fused-ring (bicyclic) bond motifs is 1. The van der Waals surface area contributed by atoms with Crippen LogP contribution >= 0.6 is 0 Å². The number of carbonyl (C=O) groups excluding carboxylic acids is 1. The van der Waals surface area contributed by atoms with Crippen LogP contribution in [0.2, 0.25) is 0 Å². The molecule has 0 fully saturated rings. The highest BCUT2D eigenvalue weighted by molar-refractivity contribution is 6.02. The zero-order valence-corrected chi connectivity index (χ0v) is 13.6. The molecule has 0 aromatic heterocycles. The van der Waals surface area contributed by atoms with Gasteiger partial charge in [0.2, 0.25) is 0 Å². The van der Waals surface area contributed by atoms with Crippen LogP contribution < -0.4 is 4.74 Å². The van der Waals surface area contributed by atoms with Gasteiger partial charge in [0.1, 0.15) is 5.75 Å². The van der Waals surface area contributed by atoms with E-state index in [4.69, 9.17) is 9.57 Å². The molecule has 2 aromatic carbocycles. The molecule has 0 amide bonds. The van der Waals surface area contributed by atoms with Gasteiger partial charge in [0.25, 0.3) is 0 Å². The Labute approximate surface area is 130 Å². The molecule has 2 aromatic rings. The van der Waals surface area contributed by atoms with Crippen molar-refractivity contribution in [1.29, 1.82) is 0 Å². The summed E-state index contributed by atoms with van der Waals surface area (Å²) in [6, 6.07) is 11.8. The van der Waals surface area contributed by atoms with E-state index in [-0.39, 0.29) is 5.97 Å². The molecule has 22 heavy (non-hydrogen) atoms. The molecule has 0 aliphatic rings. The van der Waals surface area contributed by atoms with E-state index in [0.717, 1.165) is 22.1 Å². The average molecular weight is 299 g/mol. The van der Waals surface area contributed by atoms with Crippen molar-refractivity contribution in [2.75, 3.05) is 7.11 Å². The Morgan fingerprint density at radius 3 is 2.32 bits per heavy atom. The maximum Gasteiger partial charge on any atom is 0.340 e. The van der Waals surface area contributed by atoms with Gasteiger partial charge in [-0.05, 0) is 62.2 Å². The van der Waals surface area contributed by atoms with Crippen molar-refractivity contribution in [3.05, 3.63) is 42.0 Å². The second kappa shape index (κ2) is 6.18. The molecule has 0 saturated carbocycles. The Hall–Kier alpha value is -2.36. The van der Waals surface area contributed by atoms with Crippen LogP contribution in [-0.2, 0) is 9.63 Å². The van der Waals surface area contributed by atoms with Gasteiger partial charge in [0.05, 0.1) is 18.2 Å². The van der Waals surface area contributed by atoms with Crippen molar-refractivity contribution in [2.24, 2.45) is 10.6 Å². The largest absolute Gasteiger partial charge is 0.497 e. The lowest BCUT2D eigenvalue weighted by molar-refractivity contribution is -0.152. The molecule has 0 aliphatic carbocycles. The smallest absolute Gasteiger partial charge is 0.340 e. The van der Waals surface area contributed by atoms with E-state index in [1.807, 2.05) is 43.3 Å². The summed E-state index contributed by atoms with van der Waals surface area (Å²) < 4.78 is 5.22. The quantitative estimate of drug-likeness (QED) is 0.485. The van der Waals surface area contributed by atoms with Gasteiger partial charge in [-0.1, -0.05) is 23.4 Å². The molecule has 0 radical (unpaired) electrons. The lowest BCUT2D eigenvalue weighted by Crippen LogP contribution is -2.21. The fourth-order valence-corrected chi connectivity index (χ4v) is 1.88. The highest BCUT2D eigenvalue weighted by Crippen LogP contribution is 2.22. The molecule has 4 heteroatoms. The van der Waals surface area contributed by atoms with Crippen molar-refractivity contribution < 1.29 is 14.4 Å². The van der Waals surface area contributed by atoms with Gasteiger partial charge in [0.15, 0.2) is 0 Å². The molecule has 116 valence electrons. The first-order valence-corrected chi connectivity index (χ1v) is 7.15. The van der Waals surface area contributed by atoms with Gasteiger partial charge in [-0.3, -0.25) is 0 Å². The molecular formula is C18H21NO3. The van der Waals surface area contributed by atoms with Gasteiger partial charge < -0.3 is 9.57 Å². The van der Waals surface area contributed by atoms with Crippen LogP contribution in [0.25, 0.3) is 10.8 Å². The highest BCUT2D eigenvalue weighted by Gasteiger charge is 2.23. The van der Waals surface area contributed by atoms with Gasteiger partial charge in [-0.15, -0.1) is 0 Å². The summed E-state index contributed by atoms with van der Waals surface area (Å²) >= 11 is 0. The van der Waals surface area contributed by atoms with E-state index < -0.39 is 5.41 Å². The molecule has 0 spiro atoms. The minimum absolute atomic E-state index is 0.350. The van der Waals surface area contributed by atoms with Crippen molar-refractivity contribution >= 4 is 22.5 Å². The predicted molar refractivity (Wildman–Crippen MR) is 88.3 cm³/mol. The number of nitrogens with zero attached hydrogens (tertiary/aromatic N) is 1. The Bertz CT molecular complexity index is 727. The first-order valence-electron chi connectivity index (χ1n) is 7.15. The normalized spacial score (nSPS) is 12.3. The third kappa shape index (κ3) is 3.64. The third-order valence-corrected chi connectivity index (χ3v) is 3.34. The number of carbonyl (C=O) groups is 1. The number of rotatable bonds is 3. The second-order valence-electron chi connectivity index (χ2n) is 6.23. The monoisotopic (exact) mass is 299 g/mol. The Kier molecular flexibility index (Phi) is 4.50. The van der Waals surface area contributed by atoms with Crippen LogP contribution in [0.3, 0.4) is 0 Å². The Morgan fingerprint density at radius 1 is 1.05 bits per heavy atom. The van der Waals surface area contributed by atoms with Gasteiger partial charge >= 0.3 is 5.97 Å². The zero-order chi connectivity index (χ0) is 16.3. The molecule has 0 aliphatic heterocycles. The molecule has 2 rings (SSSR count). The van der Waals surface area contributed by atoms with Crippen LogP contribution in [0, 0.1) is 5.41 Å². The summed E-state index contributed by atoms with van der Waals surface area (Å²) in [5.74, 6) is 0.474. The number of methoxy groups -OCH3 is 1. The van der Waals surface area contributed by atoms with Crippen molar-refractivity contribution in [1.82, 2.24) is 0 Å². The molecule has 0 heterocycles. The number of hydrogen-bond donors (Lipinski definition) is 0. The van der Waals surface area contributed by atoms with Crippen LogP contribution in [0.1, 0.15) is 33.3 Å². The zero-order valence-electron chi connectivity index (χ0n) is 13.6. The summed E-state index contributed by atoms with van der Waals surface area (Å²) in [5.41, 5.74) is 1.01. The maximum atomic E-state index is 11.7. The number of benzene rings is 2. The first-order chi connectivity index (χ1) is 10.3. The van der Waals surface area contributed by atoms with E-state index in [1.54, 1.807) is 27.9 Å². The lowest BCUT2D eigenvalue weighted by Gasteiger charge is -2.13. The van der Waals surface area contributed by atoms with Gasteiger partial charge in [-0.25, -0.2) is 4.79 Å². The molecule has 0 atom stereocenters. The molecule has 0 saturated heterocycles. The minimum Gasteiger partial charge on any atom is -0.497 e. The molecular weight excluding hydrogens is 278 g/mol. The van der Waals surface area contributed by atoms with E-state index in [2.05, 4.69) is 5.16 Å². The van der Waals surface area contributed by atoms with E-state index >= 15 is 0 Å². The van der Waals surface area contributed by atoms with Crippen LogP contribution in [0.4, 0.5) is 0 Å². The summed E-state index contributed by atoms with van der Waals surface area (Å²) in [4.78, 5) is 16.7. The second-order valence-corrected chi connectivity index (χ2v) is 6.23. The molecule has 0 N–H and O–H groups in total. The summed E-state index contributed by atoms with van der Waals surface area (Å²) in [7, 11) is 1.65. The number of ether oxygens (including phenoxy) is 1. The Balaban J connectivity index is 2.25. The topological polar surface area (TPSA) is 47.9 Å². The lowest BCUT2D eigenvalue weighted by atomic mass is 9.98. The standard InChI is InChI=1S/C18H21NO3/c1-12(19-22-17(20)18(2,3)4)13-6-7-15-11-16(21-5)9-8-14(15)10-13/h6-11H,1-5H3. The van der Waals surface area contributed by atoms with Crippen molar-refractivity contribution in [3.8, 4) is 5.75 Å². The van der Waals surface area contributed by atoms with Crippen molar-refractivity contribution in [2.45, 2.75) is 27.7 Å². The molecule has 0 unspecified atom stereocenters. The predicted octanol–water partition coefficient (Wildman–Crippen LogP) is 4.16.